The Hall–Kier alpha value is -3.22. The maximum absolute atomic E-state index is 14.4. The van der Waals surface area contributed by atoms with Gasteiger partial charge in [-0.1, -0.05) is 25.1 Å². The first-order valence-corrected chi connectivity index (χ1v) is 8.77. The van der Waals surface area contributed by atoms with E-state index in [4.69, 9.17) is 4.74 Å². The molecule has 0 spiro atoms. The number of hydrogen-bond acceptors (Lipinski definition) is 4. The fourth-order valence-corrected chi connectivity index (χ4v) is 2.52. The molecule has 3 aromatic rings. The quantitative estimate of drug-likeness (QED) is 0.708. The number of benzene rings is 2. The first-order chi connectivity index (χ1) is 13.0. The number of halogens is 1. The lowest BCUT2D eigenvalue weighted by Crippen LogP contribution is -2.10. The highest BCUT2D eigenvalue weighted by atomic mass is 19.1. The number of nitrogens with one attached hydrogen (secondary N) is 1. The summed E-state index contributed by atoms with van der Waals surface area (Å²) in [4.78, 5) is 16.0. The van der Waals surface area contributed by atoms with Crippen LogP contribution >= 0.6 is 0 Å². The van der Waals surface area contributed by atoms with Gasteiger partial charge in [0.05, 0.1) is 17.4 Å². The third kappa shape index (κ3) is 4.31. The molecule has 1 N–H and O–H groups in total. The van der Waals surface area contributed by atoms with Crippen molar-refractivity contribution in [3.63, 3.8) is 0 Å². The number of ether oxygens (including phenoxy) is 1. The van der Waals surface area contributed by atoms with Crippen molar-refractivity contribution in [1.82, 2.24) is 14.8 Å². The van der Waals surface area contributed by atoms with Gasteiger partial charge in [0.25, 0.3) is 0 Å². The Bertz CT molecular complexity index is 953. The van der Waals surface area contributed by atoms with Crippen LogP contribution < -0.4 is 10.1 Å². The zero-order valence-electron chi connectivity index (χ0n) is 15.4. The van der Waals surface area contributed by atoms with Crippen molar-refractivity contribution in [1.29, 1.82) is 0 Å². The molecule has 0 aliphatic carbocycles. The molecule has 0 atom stereocenters. The van der Waals surface area contributed by atoms with Crippen molar-refractivity contribution >= 4 is 11.6 Å². The molecular formula is C20H21FN4O2. The van der Waals surface area contributed by atoms with Crippen molar-refractivity contribution in [2.45, 2.75) is 33.3 Å². The number of hydrogen-bond donors (Lipinski definition) is 1. The highest BCUT2D eigenvalue weighted by Crippen LogP contribution is 2.27. The molecule has 0 saturated heterocycles. The van der Waals surface area contributed by atoms with Crippen LogP contribution in [0.3, 0.4) is 0 Å². The molecular weight excluding hydrogens is 347 g/mol. The molecule has 1 heterocycles. The van der Waals surface area contributed by atoms with Gasteiger partial charge in [0.2, 0.25) is 5.91 Å². The molecule has 1 aromatic heterocycles. The Kier molecular flexibility index (Phi) is 5.49. The minimum Gasteiger partial charge on any atom is -0.460 e. The van der Waals surface area contributed by atoms with Crippen molar-refractivity contribution < 1.29 is 13.9 Å². The summed E-state index contributed by atoms with van der Waals surface area (Å²) in [6.45, 7) is 5.51. The van der Waals surface area contributed by atoms with Crippen LogP contribution in [0.2, 0.25) is 0 Å². The van der Waals surface area contributed by atoms with Crippen molar-refractivity contribution in [3.05, 3.63) is 54.3 Å². The zero-order chi connectivity index (χ0) is 19.4. The largest absolute Gasteiger partial charge is 0.460 e. The molecule has 0 aliphatic heterocycles. The number of carbonyl (C=O) groups is 1. The van der Waals surface area contributed by atoms with Crippen molar-refractivity contribution in [2.75, 3.05) is 5.32 Å². The van der Waals surface area contributed by atoms with Crippen LogP contribution in [0.1, 0.15) is 27.2 Å². The Labute approximate surface area is 157 Å². The monoisotopic (exact) mass is 368 g/mol. The number of anilines is 1. The molecule has 27 heavy (non-hydrogen) atoms. The van der Waals surface area contributed by atoms with E-state index in [1.54, 1.807) is 49.4 Å². The summed E-state index contributed by atoms with van der Waals surface area (Å²) in [6.07, 6.45) is 0.255. The van der Waals surface area contributed by atoms with Gasteiger partial charge in [-0.3, -0.25) is 4.79 Å². The van der Waals surface area contributed by atoms with Gasteiger partial charge >= 0.3 is 6.01 Å². The Morgan fingerprint density at radius 3 is 2.70 bits per heavy atom. The zero-order valence-corrected chi connectivity index (χ0v) is 15.4. The van der Waals surface area contributed by atoms with E-state index in [-0.39, 0.29) is 18.0 Å². The normalized spacial score (nSPS) is 10.9. The standard InChI is InChI=1S/C20H21FN4O2/c1-4-18(26)22-14-8-7-9-15(12-14)25-19(16-10-5-6-11-17(16)21)23-20(24-25)27-13(2)3/h5-13H,4H2,1-3H3,(H,22,26). The lowest BCUT2D eigenvalue weighted by Gasteiger charge is -2.09. The minimum absolute atomic E-state index is 0.0936. The molecule has 3 rings (SSSR count). The molecule has 0 unspecified atom stereocenters. The minimum atomic E-state index is -0.405. The maximum Gasteiger partial charge on any atom is 0.336 e. The number of amides is 1. The van der Waals surface area contributed by atoms with Crippen LogP contribution in [0, 0.1) is 5.82 Å². The molecule has 0 fully saturated rings. The van der Waals surface area contributed by atoms with E-state index in [0.717, 1.165) is 0 Å². The van der Waals surface area contributed by atoms with Crippen LogP contribution in [0.25, 0.3) is 17.1 Å². The highest BCUT2D eigenvalue weighted by Gasteiger charge is 2.18. The molecule has 0 bridgehead atoms. The molecule has 6 nitrogen and oxygen atoms in total. The van der Waals surface area contributed by atoms with Crippen molar-refractivity contribution in [3.8, 4) is 23.1 Å². The summed E-state index contributed by atoms with van der Waals surface area (Å²) < 4.78 is 21.5. The third-order valence-electron chi connectivity index (χ3n) is 3.74. The van der Waals surface area contributed by atoms with E-state index in [1.807, 2.05) is 13.8 Å². The van der Waals surface area contributed by atoms with Gasteiger partial charge in [0.1, 0.15) is 5.82 Å². The summed E-state index contributed by atoms with van der Waals surface area (Å²) in [5.41, 5.74) is 1.57. The van der Waals surface area contributed by atoms with Crippen LogP contribution in [-0.2, 0) is 4.79 Å². The first kappa shape index (κ1) is 18.6. The SMILES string of the molecule is CCC(=O)Nc1cccc(-n2nc(OC(C)C)nc2-c2ccccc2F)c1. The van der Waals surface area contributed by atoms with Crippen LogP contribution in [-0.4, -0.2) is 26.8 Å². The summed E-state index contributed by atoms with van der Waals surface area (Å²) >= 11 is 0. The Morgan fingerprint density at radius 1 is 1.22 bits per heavy atom. The molecule has 1 amide bonds. The van der Waals surface area contributed by atoms with Crippen LogP contribution in [0.15, 0.2) is 48.5 Å². The van der Waals surface area contributed by atoms with Gasteiger partial charge in [-0.25, -0.2) is 9.07 Å². The second kappa shape index (κ2) is 7.99. The van der Waals surface area contributed by atoms with Gasteiger partial charge in [-0.15, -0.1) is 5.10 Å². The van der Waals surface area contributed by atoms with Crippen molar-refractivity contribution in [2.24, 2.45) is 0 Å². The number of rotatable bonds is 6. The summed E-state index contributed by atoms with van der Waals surface area (Å²) in [6, 6.07) is 13.6. The van der Waals surface area contributed by atoms with E-state index < -0.39 is 5.82 Å². The van der Waals surface area contributed by atoms with Gasteiger partial charge in [0.15, 0.2) is 5.82 Å². The Balaban J connectivity index is 2.09. The van der Waals surface area contributed by atoms with Gasteiger partial charge in [0, 0.05) is 12.1 Å². The predicted molar refractivity (Wildman–Crippen MR) is 101 cm³/mol. The van der Waals surface area contributed by atoms with Gasteiger partial charge in [-0.2, -0.15) is 4.98 Å². The first-order valence-electron chi connectivity index (χ1n) is 8.77. The van der Waals surface area contributed by atoms with E-state index in [0.29, 0.717) is 29.2 Å². The molecule has 0 radical (unpaired) electrons. The molecule has 7 heteroatoms. The number of carbonyl (C=O) groups excluding carboxylic acids is 1. The molecule has 2 aromatic carbocycles. The van der Waals surface area contributed by atoms with E-state index in [2.05, 4.69) is 15.4 Å². The fourth-order valence-electron chi connectivity index (χ4n) is 2.52. The van der Waals surface area contributed by atoms with E-state index in [1.165, 1.54) is 10.7 Å². The highest BCUT2D eigenvalue weighted by molar-refractivity contribution is 5.90. The number of nitrogens with zero attached hydrogens (tertiary/aromatic N) is 3. The lowest BCUT2D eigenvalue weighted by molar-refractivity contribution is -0.115. The van der Waals surface area contributed by atoms with E-state index >= 15 is 0 Å². The smallest absolute Gasteiger partial charge is 0.336 e. The fraction of sp³-hybridized carbons (Fsp3) is 0.250. The van der Waals surface area contributed by atoms with E-state index in [9.17, 15) is 9.18 Å². The predicted octanol–water partition coefficient (Wildman–Crippen LogP) is 4.21. The van der Waals surface area contributed by atoms with Crippen LogP contribution in [0.4, 0.5) is 10.1 Å². The maximum atomic E-state index is 14.4. The second-order valence-corrected chi connectivity index (χ2v) is 6.23. The van der Waals surface area contributed by atoms with Gasteiger partial charge in [-0.05, 0) is 44.2 Å². The average Bonchev–Trinajstić information content (AvgIpc) is 3.05. The lowest BCUT2D eigenvalue weighted by atomic mass is 10.2. The summed E-state index contributed by atoms with van der Waals surface area (Å²) in [5.74, 6) is -0.177. The van der Waals surface area contributed by atoms with Crippen LogP contribution in [0.5, 0.6) is 6.01 Å². The van der Waals surface area contributed by atoms with Gasteiger partial charge < -0.3 is 10.1 Å². The molecule has 0 aliphatic rings. The molecule has 140 valence electrons. The third-order valence-corrected chi connectivity index (χ3v) is 3.74. The summed E-state index contributed by atoms with van der Waals surface area (Å²) in [7, 11) is 0. The molecule has 0 saturated carbocycles. The summed E-state index contributed by atoms with van der Waals surface area (Å²) in [5, 5.41) is 7.19. The average molecular weight is 368 g/mol. The second-order valence-electron chi connectivity index (χ2n) is 6.23. The topological polar surface area (TPSA) is 69.0 Å². The number of aromatic nitrogens is 3. The Morgan fingerprint density at radius 2 is 2.00 bits per heavy atom.